The van der Waals surface area contributed by atoms with Gasteiger partial charge in [0.15, 0.2) is 0 Å². The second-order valence-corrected chi connectivity index (χ2v) is 4.92. The van der Waals surface area contributed by atoms with Crippen LogP contribution < -0.4 is 5.32 Å². The van der Waals surface area contributed by atoms with E-state index < -0.39 is 0 Å². The van der Waals surface area contributed by atoms with Gasteiger partial charge in [-0.2, -0.15) is 0 Å². The average molecular weight is 241 g/mol. The Labute approximate surface area is 108 Å². The van der Waals surface area contributed by atoms with Gasteiger partial charge in [-0.1, -0.05) is 36.8 Å². The fourth-order valence-corrected chi connectivity index (χ4v) is 2.62. The van der Waals surface area contributed by atoms with Gasteiger partial charge < -0.3 is 9.88 Å². The van der Waals surface area contributed by atoms with E-state index >= 15 is 0 Å². The minimum atomic E-state index is 0.593. The smallest absolute Gasteiger partial charge is 0.139 e. The van der Waals surface area contributed by atoms with Crippen LogP contribution in [0.2, 0.25) is 0 Å². The summed E-state index contributed by atoms with van der Waals surface area (Å²) >= 11 is 0. The molecule has 0 amide bonds. The number of piperidine rings is 1. The fraction of sp³-hybridized carbons (Fsp3) is 0.400. The van der Waals surface area contributed by atoms with Crippen LogP contribution in [0, 0.1) is 0 Å². The SMILES string of the molecule is c1ccc(-c2nccn2CC2CCCCN2)cc1. The van der Waals surface area contributed by atoms with Gasteiger partial charge in [0.05, 0.1) is 0 Å². The van der Waals surface area contributed by atoms with E-state index in [-0.39, 0.29) is 0 Å². The fourth-order valence-electron chi connectivity index (χ4n) is 2.62. The van der Waals surface area contributed by atoms with Gasteiger partial charge in [-0.3, -0.25) is 0 Å². The van der Waals surface area contributed by atoms with Crippen molar-refractivity contribution in [2.45, 2.75) is 31.8 Å². The van der Waals surface area contributed by atoms with E-state index in [1.54, 1.807) is 0 Å². The molecular formula is C15H19N3. The lowest BCUT2D eigenvalue weighted by molar-refractivity contribution is 0.364. The predicted molar refractivity (Wildman–Crippen MR) is 73.3 cm³/mol. The molecule has 0 radical (unpaired) electrons. The number of nitrogens with one attached hydrogen (secondary N) is 1. The third-order valence-electron chi connectivity index (χ3n) is 3.58. The average Bonchev–Trinajstić information content (AvgIpc) is 2.89. The molecule has 18 heavy (non-hydrogen) atoms. The Morgan fingerprint density at radius 3 is 2.89 bits per heavy atom. The van der Waals surface area contributed by atoms with Crippen LogP contribution in [0.15, 0.2) is 42.7 Å². The Morgan fingerprint density at radius 1 is 1.22 bits per heavy atom. The minimum absolute atomic E-state index is 0.593. The Bertz CT molecular complexity index is 483. The summed E-state index contributed by atoms with van der Waals surface area (Å²) in [7, 11) is 0. The maximum atomic E-state index is 4.49. The normalized spacial score (nSPS) is 19.9. The summed E-state index contributed by atoms with van der Waals surface area (Å²) in [5.41, 5.74) is 1.19. The van der Waals surface area contributed by atoms with Crippen molar-refractivity contribution in [3.63, 3.8) is 0 Å². The van der Waals surface area contributed by atoms with Crippen molar-refractivity contribution >= 4 is 0 Å². The van der Waals surface area contributed by atoms with Crippen LogP contribution in [-0.2, 0) is 6.54 Å². The quantitative estimate of drug-likeness (QED) is 0.895. The lowest BCUT2D eigenvalue weighted by atomic mass is 10.0. The van der Waals surface area contributed by atoms with Crippen LogP contribution in [-0.4, -0.2) is 22.1 Å². The van der Waals surface area contributed by atoms with Crippen molar-refractivity contribution in [2.24, 2.45) is 0 Å². The zero-order valence-electron chi connectivity index (χ0n) is 10.5. The lowest BCUT2D eigenvalue weighted by Crippen LogP contribution is -2.37. The predicted octanol–water partition coefficient (Wildman–Crippen LogP) is 2.69. The summed E-state index contributed by atoms with van der Waals surface area (Å²) < 4.78 is 2.26. The molecule has 0 aliphatic carbocycles. The highest BCUT2D eigenvalue weighted by molar-refractivity contribution is 5.55. The molecule has 1 atom stereocenters. The summed E-state index contributed by atoms with van der Waals surface area (Å²) in [6.45, 7) is 2.17. The number of imidazole rings is 1. The Hall–Kier alpha value is -1.61. The highest BCUT2D eigenvalue weighted by Crippen LogP contribution is 2.18. The number of hydrogen-bond donors (Lipinski definition) is 1. The Kier molecular flexibility index (Phi) is 3.42. The van der Waals surface area contributed by atoms with Gasteiger partial charge in [0.2, 0.25) is 0 Å². The summed E-state index contributed by atoms with van der Waals surface area (Å²) in [6.07, 6.45) is 7.90. The number of aromatic nitrogens is 2. The molecule has 1 aliphatic heterocycles. The molecule has 1 aromatic carbocycles. The molecule has 2 aromatic rings. The van der Waals surface area contributed by atoms with Crippen molar-refractivity contribution in [1.29, 1.82) is 0 Å². The third kappa shape index (κ3) is 2.46. The summed E-state index contributed by atoms with van der Waals surface area (Å²) in [5.74, 6) is 1.07. The van der Waals surface area contributed by atoms with Gasteiger partial charge in [-0.05, 0) is 19.4 Å². The molecular weight excluding hydrogens is 222 g/mol. The summed E-state index contributed by atoms with van der Waals surface area (Å²) in [4.78, 5) is 4.49. The molecule has 0 saturated carbocycles. The van der Waals surface area contributed by atoms with E-state index in [1.165, 1.54) is 24.8 Å². The first-order valence-corrected chi connectivity index (χ1v) is 6.73. The van der Waals surface area contributed by atoms with Crippen molar-refractivity contribution in [3.05, 3.63) is 42.7 Å². The first-order valence-electron chi connectivity index (χ1n) is 6.73. The zero-order chi connectivity index (χ0) is 12.2. The molecule has 3 rings (SSSR count). The number of rotatable bonds is 3. The first kappa shape index (κ1) is 11.5. The van der Waals surface area contributed by atoms with Crippen LogP contribution in [0.5, 0.6) is 0 Å². The Balaban J connectivity index is 1.79. The molecule has 1 saturated heterocycles. The third-order valence-corrected chi connectivity index (χ3v) is 3.58. The molecule has 2 heterocycles. The molecule has 94 valence electrons. The van der Waals surface area contributed by atoms with Gasteiger partial charge >= 0.3 is 0 Å². The molecule has 0 bridgehead atoms. The number of benzene rings is 1. The topological polar surface area (TPSA) is 29.9 Å². The molecule has 3 heteroatoms. The molecule has 1 fully saturated rings. The molecule has 1 N–H and O–H groups in total. The highest BCUT2D eigenvalue weighted by atomic mass is 15.1. The van der Waals surface area contributed by atoms with E-state index in [1.807, 2.05) is 12.3 Å². The van der Waals surface area contributed by atoms with Gasteiger partial charge in [0.25, 0.3) is 0 Å². The van der Waals surface area contributed by atoms with Crippen molar-refractivity contribution < 1.29 is 0 Å². The van der Waals surface area contributed by atoms with E-state index in [4.69, 9.17) is 0 Å². The summed E-state index contributed by atoms with van der Waals surface area (Å²) in [6, 6.07) is 11.0. The van der Waals surface area contributed by atoms with Gasteiger partial charge in [-0.15, -0.1) is 0 Å². The lowest BCUT2D eigenvalue weighted by Gasteiger charge is -2.24. The molecule has 3 nitrogen and oxygen atoms in total. The maximum Gasteiger partial charge on any atom is 0.139 e. The van der Waals surface area contributed by atoms with Gasteiger partial charge in [0, 0.05) is 30.5 Å². The van der Waals surface area contributed by atoms with Crippen LogP contribution >= 0.6 is 0 Å². The minimum Gasteiger partial charge on any atom is -0.329 e. The van der Waals surface area contributed by atoms with Gasteiger partial charge in [0.1, 0.15) is 5.82 Å². The molecule has 1 aromatic heterocycles. The van der Waals surface area contributed by atoms with Crippen molar-refractivity contribution in [3.8, 4) is 11.4 Å². The molecule has 0 spiro atoms. The van der Waals surface area contributed by atoms with Crippen LogP contribution in [0.25, 0.3) is 11.4 Å². The van der Waals surface area contributed by atoms with Crippen LogP contribution in [0.1, 0.15) is 19.3 Å². The van der Waals surface area contributed by atoms with Crippen molar-refractivity contribution in [2.75, 3.05) is 6.54 Å². The number of hydrogen-bond acceptors (Lipinski definition) is 2. The first-order chi connectivity index (χ1) is 8.93. The van der Waals surface area contributed by atoms with Crippen LogP contribution in [0.4, 0.5) is 0 Å². The highest BCUT2D eigenvalue weighted by Gasteiger charge is 2.14. The monoisotopic (exact) mass is 241 g/mol. The van der Waals surface area contributed by atoms with E-state index in [0.29, 0.717) is 6.04 Å². The second kappa shape index (κ2) is 5.36. The second-order valence-electron chi connectivity index (χ2n) is 4.92. The maximum absolute atomic E-state index is 4.49. The molecule has 1 unspecified atom stereocenters. The van der Waals surface area contributed by atoms with E-state index in [2.05, 4.69) is 45.3 Å². The standard InChI is InChI=1S/C15H19N3/c1-2-6-13(7-3-1)15-17-10-11-18(15)12-14-8-4-5-9-16-14/h1-3,6-7,10-11,14,16H,4-5,8-9,12H2. The molecule has 1 aliphatic rings. The van der Waals surface area contributed by atoms with E-state index in [9.17, 15) is 0 Å². The Morgan fingerprint density at radius 2 is 2.11 bits per heavy atom. The van der Waals surface area contributed by atoms with Crippen LogP contribution in [0.3, 0.4) is 0 Å². The van der Waals surface area contributed by atoms with E-state index in [0.717, 1.165) is 18.9 Å². The number of nitrogens with zero attached hydrogens (tertiary/aromatic N) is 2. The zero-order valence-corrected chi connectivity index (χ0v) is 10.5. The largest absolute Gasteiger partial charge is 0.329 e. The summed E-state index contributed by atoms with van der Waals surface area (Å²) in [5, 5.41) is 3.59. The van der Waals surface area contributed by atoms with Crippen molar-refractivity contribution in [1.82, 2.24) is 14.9 Å². The van der Waals surface area contributed by atoms with Gasteiger partial charge in [-0.25, -0.2) is 4.98 Å².